The second-order valence-electron chi connectivity index (χ2n) is 26.2. The van der Waals surface area contributed by atoms with Gasteiger partial charge in [0.05, 0.1) is 26.4 Å². The normalized spacial score (nSPS) is 14.3. The Morgan fingerprint density at radius 3 is 0.780 bits per heavy atom. The van der Waals surface area contributed by atoms with E-state index in [0.29, 0.717) is 25.7 Å². The Morgan fingerprint density at radius 2 is 0.527 bits per heavy atom. The number of ether oxygens (including phenoxy) is 4. The second-order valence-corrected chi connectivity index (χ2v) is 29.1. The van der Waals surface area contributed by atoms with Crippen LogP contribution < -0.4 is 0 Å². The number of carbonyl (C=O) groups excluding carboxylic acids is 4. The van der Waals surface area contributed by atoms with Crippen LogP contribution in [0.25, 0.3) is 0 Å². The van der Waals surface area contributed by atoms with Gasteiger partial charge < -0.3 is 33.8 Å². The molecule has 0 aliphatic heterocycles. The lowest BCUT2D eigenvalue weighted by atomic mass is 9.99. The van der Waals surface area contributed by atoms with E-state index < -0.39 is 97.5 Å². The molecule has 0 saturated heterocycles. The Balaban J connectivity index is 5.19. The van der Waals surface area contributed by atoms with Crippen LogP contribution in [0.5, 0.6) is 0 Å². The van der Waals surface area contributed by atoms with Crippen molar-refractivity contribution in [1.29, 1.82) is 0 Å². The number of aliphatic hydroxyl groups is 1. The van der Waals surface area contributed by atoms with Gasteiger partial charge in [0, 0.05) is 25.7 Å². The zero-order valence-corrected chi connectivity index (χ0v) is 60.8. The van der Waals surface area contributed by atoms with Crippen molar-refractivity contribution in [1.82, 2.24) is 0 Å². The van der Waals surface area contributed by atoms with Gasteiger partial charge in [0.1, 0.15) is 19.3 Å². The molecule has 91 heavy (non-hydrogen) atoms. The van der Waals surface area contributed by atoms with Gasteiger partial charge in [-0.1, -0.05) is 324 Å². The highest BCUT2D eigenvalue weighted by atomic mass is 31.2. The number of rotatable bonds is 72. The summed E-state index contributed by atoms with van der Waals surface area (Å²) >= 11 is 0. The van der Waals surface area contributed by atoms with Gasteiger partial charge in [0.25, 0.3) is 0 Å². The first-order valence-electron chi connectivity index (χ1n) is 37.7. The summed E-state index contributed by atoms with van der Waals surface area (Å²) in [5.74, 6) is -1.34. The fourth-order valence-corrected chi connectivity index (χ4v) is 12.5. The largest absolute Gasteiger partial charge is 0.472 e. The smallest absolute Gasteiger partial charge is 0.462 e. The fourth-order valence-electron chi connectivity index (χ4n) is 11.0. The molecule has 0 rings (SSSR count). The molecule has 0 saturated carbocycles. The Morgan fingerprint density at radius 1 is 0.308 bits per heavy atom. The van der Waals surface area contributed by atoms with E-state index in [9.17, 15) is 43.2 Å². The number of phosphoric ester groups is 2. The monoisotopic (exact) mass is 1340 g/mol. The molecular weight excluding hydrogens is 1200 g/mol. The third-order valence-electron chi connectivity index (χ3n) is 17.1. The maximum atomic E-state index is 13.0. The maximum Gasteiger partial charge on any atom is 0.472 e. The molecule has 0 aliphatic rings. The summed E-state index contributed by atoms with van der Waals surface area (Å²) in [7, 11) is -9.90. The van der Waals surface area contributed by atoms with Crippen LogP contribution >= 0.6 is 15.6 Å². The Hall–Kier alpha value is -1.94. The number of hydrogen-bond acceptors (Lipinski definition) is 15. The standard InChI is InChI=1S/C72H140O17P2/c1-6-10-13-16-19-22-24-26-27-28-29-30-31-32-34-36-43-48-53-58-72(77)89-68(62-83-70(75)56-51-46-41-38-37-39-44-49-54-65(5)9-4)64-87-91(80,81)85-60-66(73)59-84-90(78,79)86-63-67(61-82-69(74)55-50-45-40-21-18-15-12-8-3)88-71(76)57-52-47-42-35-33-25-23-20-17-14-11-7-2/h65-68,73H,6-64H2,1-5H3,(H,78,79)(H,80,81)/t65?,66-,67+,68+/m0/s1. The van der Waals surface area contributed by atoms with E-state index in [4.69, 9.17) is 37.0 Å². The van der Waals surface area contributed by atoms with Crippen molar-refractivity contribution in [3.8, 4) is 0 Å². The quantitative estimate of drug-likeness (QED) is 0.0222. The summed E-state index contributed by atoms with van der Waals surface area (Å²) in [5, 5.41) is 10.6. The topological polar surface area (TPSA) is 237 Å². The molecule has 0 aromatic rings. The van der Waals surface area contributed by atoms with E-state index in [1.165, 1.54) is 193 Å². The van der Waals surface area contributed by atoms with Gasteiger partial charge in [-0.25, -0.2) is 9.13 Å². The average molecular weight is 1340 g/mol. The molecule has 0 fully saturated rings. The second kappa shape index (κ2) is 65.4. The first-order valence-corrected chi connectivity index (χ1v) is 40.7. The van der Waals surface area contributed by atoms with Crippen LogP contribution in [-0.2, 0) is 65.4 Å². The first-order chi connectivity index (χ1) is 44.1. The highest BCUT2D eigenvalue weighted by Gasteiger charge is 2.30. The molecule has 0 heterocycles. The summed E-state index contributed by atoms with van der Waals surface area (Å²) in [6.07, 6.45) is 52.7. The Kier molecular flexibility index (Phi) is 64.0. The van der Waals surface area contributed by atoms with Crippen LogP contribution in [0, 0.1) is 5.92 Å². The van der Waals surface area contributed by atoms with E-state index in [1.54, 1.807) is 0 Å². The predicted octanol–water partition coefficient (Wildman–Crippen LogP) is 20.9. The molecule has 3 N–H and O–H groups in total. The van der Waals surface area contributed by atoms with Crippen molar-refractivity contribution in [2.24, 2.45) is 5.92 Å². The van der Waals surface area contributed by atoms with Crippen molar-refractivity contribution >= 4 is 39.5 Å². The van der Waals surface area contributed by atoms with E-state index in [1.807, 2.05) is 0 Å². The van der Waals surface area contributed by atoms with E-state index in [-0.39, 0.29) is 25.7 Å². The number of esters is 4. The lowest BCUT2D eigenvalue weighted by Crippen LogP contribution is -2.30. The molecule has 6 atom stereocenters. The van der Waals surface area contributed by atoms with Crippen LogP contribution in [0.3, 0.4) is 0 Å². The molecule has 17 nitrogen and oxygen atoms in total. The maximum absolute atomic E-state index is 13.0. The highest BCUT2D eigenvalue weighted by Crippen LogP contribution is 2.45. The summed E-state index contributed by atoms with van der Waals surface area (Å²) in [6.45, 7) is 7.24. The van der Waals surface area contributed by atoms with Gasteiger partial charge in [-0.05, 0) is 31.6 Å². The summed E-state index contributed by atoms with van der Waals surface area (Å²) in [5.41, 5.74) is 0. The number of aliphatic hydroxyl groups excluding tert-OH is 1. The van der Waals surface area contributed by atoms with Gasteiger partial charge in [0.2, 0.25) is 0 Å². The number of unbranched alkanes of at least 4 members (excludes halogenated alkanes) is 43. The SMILES string of the molecule is CCCCCCCCCCCCCCCCCCCCCC(=O)O[C@H](COC(=O)CCCCCCCCCCC(C)CC)COP(=O)(O)OC[C@@H](O)COP(=O)(O)OC[C@@H](COC(=O)CCCCCCCCCC)OC(=O)CCCCCCCCCCCCCC. The van der Waals surface area contributed by atoms with Crippen LogP contribution in [0.4, 0.5) is 0 Å². The minimum absolute atomic E-state index is 0.107. The van der Waals surface area contributed by atoms with E-state index in [2.05, 4.69) is 34.6 Å². The number of carbonyl (C=O) groups is 4. The van der Waals surface area contributed by atoms with Crippen LogP contribution in [-0.4, -0.2) is 96.7 Å². The Labute approximate surface area is 556 Å². The van der Waals surface area contributed by atoms with Crippen molar-refractivity contribution in [3.05, 3.63) is 0 Å². The molecule has 540 valence electrons. The Bertz CT molecular complexity index is 1760. The third-order valence-corrected chi connectivity index (χ3v) is 19.0. The zero-order valence-electron chi connectivity index (χ0n) is 59.0. The molecule has 0 aromatic carbocycles. The molecule has 0 radical (unpaired) electrons. The van der Waals surface area contributed by atoms with Crippen LogP contribution in [0.2, 0.25) is 0 Å². The minimum Gasteiger partial charge on any atom is -0.462 e. The molecule has 3 unspecified atom stereocenters. The molecular formula is C72H140O17P2. The highest BCUT2D eigenvalue weighted by molar-refractivity contribution is 7.47. The van der Waals surface area contributed by atoms with Crippen molar-refractivity contribution < 1.29 is 80.2 Å². The van der Waals surface area contributed by atoms with Crippen molar-refractivity contribution in [2.75, 3.05) is 39.6 Å². The first kappa shape index (κ1) is 89.1. The minimum atomic E-state index is -4.95. The summed E-state index contributed by atoms with van der Waals surface area (Å²) in [6, 6.07) is 0. The van der Waals surface area contributed by atoms with Gasteiger partial charge in [-0.2, -0.15) is 0 Å². The molecule has 0 bridgehead atoms. The van der Waals surface area contributed by atoms with E-state index >= 15 is 0 Å². The van der Waals surface area contributed by atoms with Gasteiger partial charge in [0.15, 0.2) is 12.2 Å². The van der Waals surface area contributed by atoms with Gasteiger partial charge in [-0.3, -0.25) is 37.3 Å². The molecule has 19 heteroatoms. The van der Waals surface area contributed by atoms with Crippen LogP contribution in [0.1, 0.15) is 375 Å². The molecule has 0 aromatic heterocycles. The fraction of sp³-hybridized carbons (Fsp3) is 0.944. The molecule has 0 aliphatic carbocycles. The molecule has 0 spiro atoms. The van der Waals surface area contributed by atoms with Gasteiger partial charge >= 0.3 is 39.5 Å². The van der Waals surface area contributed by atoms with Crippen LogP contribution in [0.15, 0.2) is 0 Å². The van der Waals surface area contributed by atoms with Gasteiger partial charge in [-0.15, -0.1) is 0 Å². The van der Waals surface area contributed by atoms with Crippen molar-refractivity contribution in [3.63, 3.8) is 0 Å². The molecule has 0 amide bonds. The lowest BCUT2D eigenvalue weighted by Gasteiger charge is -2.21. The number of hydrogen-bond donors (Lipinski definition) is 3. The average Bonchev–Trinajstić information content (AvgIpc) is 3.72. The van der Waals surface area contributed by atoms with E-state index in [0.717, 1.165) is 102 Å². The predicted molar refractivity (Wildman–Crippen MR) is 368 cm³/mol. The summed E-state index contributed by atoms with van der Waals surface area (Å²) in [4.78, 5) is 72.5. The summed E-state index contributed by atoms with van der Waals surface area (Å²) < 4.78 is 68.3. The number of phosphoric acid groups is 2. The third kappa shape index (κ3) is 65.1. The zero-order chi connectivity index (χ0) is 67.0. The van der Waals surface area contributed by atoms with Crippen molar-refractivity contribution in [2.45, 2.75) is 393 Å². The lowest BCUT2D eigenvalue weighted by molar-refractivity contribution is -0.161.